The van der Waals surface area contributed by atoms with Crippen LogP contribution in [0.15, 0.2) is 96.1 Å². The zero-order chi connectivity index (χ0) is 20.6. The second-order valence-electron chi connectivity index (χ2n) is 6.87. The van der Waals surface area contributed by atoms with Crippen LogP contribution in [0.1, 0.15) is 16.7 Å². The van der Waals surface area contributed by atoms with Crippen molar-refractivity contribution < 1.29 is 9.47 Å². The van der Waals surface area contributed by atoms with E-state index in [1.54, 1.807) is 13.3 Å². The van der Waals surface area contributed by atoms with Crippen molar-refractivity contribution >= 4 is 17.0 Å². The fraction of sp³-hybridized carbons (Fsp3) is 0.115. The van der Waals surface area contributed by atoms with Crippen LogP contribution in [0.25, 0.3) is 10.8 Å². The molecule has 4 nitrogen and oxygen atoms in total. The predicted octanol–water partition coefficient (Wildman–Crippen LogP) is 5.55. The van der Waals surface area contributed by atoms with Gasteiger partial charge in [0, 0.05) is 11.1 Å². The van der Waals surface area contributed by atoms with Crippen molar-refractivity contribution in [2.75, 3.05) is 7.11 Å². The molecule has 0 spiro atoms. The van der Waals surface area contributed by atoms with E-state index in [0.717, 1.165) is 28.2 Å². The second kappa shape index (κ2) is 9.61. The first kappa shape index (κ1) is 19.5. The van der Waals surface area contributed by atoms with Gasteiger partial charge >= 0.3 is 0 Å². The average Bonchev–Trinajstić information content (AvgIpc) is 2.81. The van der Waals surface area contributed by atoms with E-state index in [2.05, 4.69) is 53.0 Å². The Hall–Kier alpha value is -3.79. The maximum Gasteiger partial charge on any atom is 0.128 e. The molecule has 150 valence electrons. The number of hydrazone groups is 1. The number of rotatable bonds is 8. The first-order chi connectivity index (χ1) is 14.8. The van der Waals surface area contributed by atoms with E-state index >= 15 is 0 Å². The van der Waals surface area contributed by atoms with Gasteiger partial charge in [0.1, 0.15) is 18.1 Å². The molecule has 0 fully saturated rings. The van der Waals surface area contributed by atoms with Crippen molar-refractivity contribution in [3.05, 3.63) is 108 Å². The van der Waals surface area contributed by atoms with Crippen molar-refractivity contribution in [1.82, 2.24) is 5.43 Å². The van der Waals surface area contributed by atoms with Gasteiger partial charge in [-0.15, -0.1) is 0 Å². The van der Waals surface area contributed by atoms with Crippen molar-refractivity contribution in [1.29, 1.82) is 0 Å². The maximum absolute atomic E-state index is 6.14. The summed E-state index contributed by atoms with van der Waals surface area (Å²) >= 11 is 0. The lowest BCUT2D eigenvalue weighted by Crippen LogP contribution is -2.07. The summed E-state index contributed by atoms with van der Waals surface area (Å²) in [4.78, 5) is 0. The van der Waals surface area contributed by atoms with Crippen molar-refractivity contribution in [3.8, 4) is 11.5 Å². The minimum atomic E-state index is 0.501. The predicted molar refractivity (Wildman–Crippen MR) is 122 cm³/mol. The number of nitrogens with zero attached hydrogens (tertiary/aromatic N) is 1. The molecule has 0 radical (unpaired) electrons. The number of hydrogen-bond acceptors (Lipinski definition) is 4. The van der Waals surface area contributed by atoms with Crippen LogP contribution in [0.5, 0.6) is 11.5 Å². The fourth-order valence-electron chi connectivity index (χ4n) is 3.39. The Morgan fingerprint density at radius 3 is 2.37 bits per heavy atom. The number of fused-ring (bicyclic) bond motifs is 1. The molecule has 0 saturated carbocycles. The number of ether oxygens (including phenoxy) is 2. The molecule has 0 aromatic heterocycles. The van der Waals surface area contributed by atoms with Crippen LogP contribution in [0.4, 0.5) is 0 Å². The minimum absolute atomic E-state index is 0.501. The van der Waals surface area contributed by atoms with Gasteiger partial charge in [0.05, 0.1) is 19.9 Å². The number of benzene rings is 4. The van der Waals surface area contributed by atoms with E-state index < -0.39 is 0 Å². The summed E-state index contributed by atoms with van der Waals surface area (Å²) in [6, 6.07) is 30.4. The standard InChI is InChI=1S/C26H24N2O2/c1-29-25-15-6-3-10-21(25)17-27-28-18-22-11-4-7-16-26(22)30-19-23-13-8-12-20-9-2-5-14-24(20)23/h2-16,18,27H,17,19H2,1H3/b28-18-. The van der Waals surface area contributed by atoms with Gasteiger partial charge in [-0.05, 0) is 34.5 Å². The third-order valence-electron chi connectivity index (χ3n) is 4.94. The van der Waals surface area contributed by atoms with Gasteiger partial charge in [-0.1, -0.05) is 72.8 Å². The zero-order valence-corrected chi connectivity index (χ0v) is 16.9. The number of nitrogens with one attached hydrogen (secondary N) is 1. The maximum atomic E-state index is 6.14. The van der Waals surface area contributed by atoms with Gasteiger partial charge in [0.25, 0.3) is 0 Å². The SMILES string of the molecule is COc1ccccc1CN/N=C\c1ccccc1OCc1cccc2ccccc12. The smallest absolute Gasteiger partial charge is 0.128 e. The van der Waals surface area contributed by atoms with Crippen molar-refractivity contribution in [2.24, 2.45) is 5.10 Å². The Labute approximate surface area is 176 Å². The summed E-state index contributed by atoms with van der Waals surface area (Å²) in [5, 5.41) is 6.80. The summed E-state index contributed by atoms with van der Waals surface area (Å²) in [7, 11) is 1.67. The van der Waals surface area contributed by atoms with Crippen molar-refractivity contribution in [2.45, 2.75) is 13.2 Å². The summed E-state index contributed by atoms with van der Waals surface area (Å²) in [6.45, 7) is 1.08. The minimum Gasteiger partial charge on any atom is -0.496 e. The van der Waals surface area contributed by atoms with Crippen LogP contribution in [0, 0.1) is 0 Å². The fourth-order valence-corrected chi connectivity index (χ4v) is 3.39. The highest BCUT2D eigenvalue weighted by Gasteiger charge is 2.05. The van der Waals surface area contributed by atoms with E-state index in [1.165, 1.54) is 10.8 Å². The Kier molecular flexibility index (Phi) is 6.25. The molecule has 1 N–H and O–H groups in total. The first-order valence-electron chi connectivity index (χ1n) is 9.91. The van der Waals surface area contributed by atoms with Crippen LogP contribution in [-0.2, 0) is 13.2 Å². The topological polar surface area (TPSA) is 42.8 Å². The first-order valence-corrected chi connectivity index (χ1v) is 9.91. The third-order valence-corrected chi connectivity index (χ3v) is 4.94. The van der Waals surface area contributed by atoms with Gasteiger partial charge in [-0.2, -0.15) is 5.10 Å². The van der Waals surface area contributed by atoms with E-state index in [9.17, 15) is 0 Å². The highest BCUT2D eigenvalue weighted by Crippen LogP contribution is 2.22. The number of hydrogen-bond donors (Lipinski definition) is 1. The van der Waals surface area contributed by atoms with Gasteiger partial charge < -0.3 is 14.9 Å². The monoisotopic (exact) mass is 396 g/mol. The molecule has 4 aromatic carbocycles. The van der Waals surface area contributed by atoms with Crippen LogP contribution >= 0.6 is 0 Å². The van der Waals surface area contributed by atoms with Crippen LogP contribution in [-0.4, -0.2) is 13.3 Å². The number of methoxy groups -OCH3 is 1. The normalized spacial score (nSPS) is 11.0. The van der Waals surface area contributed by atoms with Gasteiger partial charge in [-0.25, -0.2) is 0 Å². The van der Waals surface area contributed by atoms with E-state index in [4.69, 9.17) is 9.47 Å². The zero-order valence-electron chi connectivity index (χ0n) is 16.9. The Bertz CT molecular complexity index is 1150. The van der Waals surface area contributed by atoms with E-state index in [-0.39, 0.29) is 0 Å². The molecular formula is C26H24N2O2. The molecule has 0 unspecified atom stereocenters. The lowest BCUT2D eigenvalue weighted by molar-refractivity contribution is 0.307. The van der Waals surface area contributed by atoms with E-state index in [1.807, 2.05) is 48.5 Å². The molecule has 0 atom stereocenters. The lowest BCUT2D eigenvalue weighted by atomic mass is 10.1. The highest BCUT2D eigenvalue weighted by molar-refractivity contribution is 5.86. The van der Waals surface area contributed by atoms with Crippen LogP contribution < -0.4 is 14.9 Å². The largest absolute Gasteiger partial charge is 0.496 e. The second-order valence-corrected chi connectivity index (χ2v) is 6.87. The number of para-hydroxylation sites is 2. The molecule has 0 amide bonds. The quantitative estimate of drug-likeness (QED) is 0.314. The molecule has 4 aromatic rings. The summed E-state index contributed by atoms with van der Waals surface area (Å²) in [5.74, 6) is 1.65. The van der Waals surface area contributed by atoms with Gasteiger partial charge in [0.15, 0.2) is 0 Å². The lowest BCUT2D eigenvalue weighted by Gasteiger charge is -2.11. The van der Waals surface area contributed by atoms with Crippen molar-refractivity contribution in [3.63, 3.8) is 0 Å². The molecule has 0 aliphatic rings. The summed E-state index contributed by atoms with van der Waals surface area (Å²) < 4.78 is 11.5. The Balaban J connectivity index is 1.43. The van der Waals surface area contributed by atoms with E-state index in [0.29, 0.717) is 13.2 Å². The average molecular weight is 396 g/mol. The highest BCUT2D eigenvalue weighted by atomic mass is 16.5. The van der Waals surface area contributed by atoms with Gasteiger partial charge in [-0.3, -0.25) is 0 Å². The summed E-state index contributed by atoms with van der Waals surface area (Å²) in [6.07, 6.45) is 1.79. The van der Waals surface area contributed by atoms with Crippen LogP contribution in [0.3, 0.4) is 0 Å². The molecule has 0 saturated heterocycles. The molecule has 30 heavy (non-hydrogen) atoms. The van der Waals surface area contributed by atoms with Gasteiger partial charge in [0.2, 0.25) is 0 Å². The molecular weight excluding hydrogens is 372 g/mol. The summed E-state index contributed by atoms with van der Waals surface area (Å²) in [5.41, 5.74) is 6.22. The Morgan fingerprint density at radius 1 is 0.767 bits per heavy atom. The molecule has 0 heterocycles. The molecule has 0 bridgehead atoms. The molecule has 4 rings (SSSR count). The molecule has 0 aliphatic carbocycles. The third kappa shape index (κ3) is 4.61. The van der Waals surface area contributed by atoms with Crippen LogP contribution in [0.2, 0.25) is 0 Å². The Morgan fingerprint density at radius 2 is 1.47 bits per heavy atom. The molecule has 4 heteroatoms. The molecule has 0 aliphatic heterocycles.